The number of H-pyrrole nitrogens is 2. The van der Waals surface area contributed by atoms with Crippen molar-refractivity contribution >= 4 is 27.9 Å². The molecule has 9 nitrogen and oxygen atoms in total. The van der Waals surface area contributed by atoms with Gasteiger partial charge in [-0.3, -0.25) is 15.1 Å². The van der Waals surface area contributed by atoms with Crippen LogP contribution < -0.4 is 5.32 Å². The van der Waals surface area contributed by atoms with Crippen LogP contribution in [0.2, 0.25) is 0 Å². The quantitative estimate of drug-likeness (QED) is 0.346. The van der Waals surface area contributed by atoms with Crippen LogP contribution in [0.3, 0.4) is 0 Å². The van der Waals surface area contributed by atoms with E-state index < -0.39 is 0 Å². The number of anilines is 1. The van der Waals surface area contributed by atoms with Crippen LogP contribution in [-0.2, 0) is 0 Å². The molecule has 0 aromatic carbocycles. The third-order valence-corrected chi connectivity index (χ3v) is 5.49. The molecular formula is C25H21N9. The van der Waals surface area contributed by atoms with E-state index in [4.69, 9.17) is 4.98 Å². The average molecular weight is 448 g/mol. The molecule has 6 rings (SSSR count). The molecule has 6 heterocycles. The van der Waals surface area contributed by atoms with E-state index in [0.29, 0.717) is 28.9 Å². The van der Waals surface area contributed by atoms with E-state index in [9.17, 15) is 0 Å². The molecule has 3 N–H and O–H groups in total. The maximum Gasteiger partial charge on any atom is 0.161 e. The van der Waals surface area contributed by atoms with Crippen molar-refractivity contribution in [1.29, 1.82) is 0 Å². The lowest BCUT2D eigenvalue weighted by molar-refractivity contribution is 0.898. The van der Waals surface area contributed by atoms with Gasteiger partial charge < -0.3 is 10.3 Å². The van der Waals surface area contributed by atoms with Crippen molar-refractivity contribution in [3.05, 3.63) is 67.4 Å². The van der Waals surface area contributed by atoms with Gasteiger partial charge in [-0.25, -0.2) is 15.0 Å². The number of pyridine rings is 4. The van der Waals surface area contributed by atoms with E-state index in [1.165, 1.54) is 0 Å². The first-order valence-corrected chi connectivity index (χ1v) is 11.0. The number of imidazole rings is 1. The summed E-state index contributed by atoms with van der Waals surface area (Å²) < 4.78 is 0. The van der Waals surface area contributed by atoms with Crippen molar-refractivity contribution in [2.45, 2.75) is 19.9 Å². The van der Waals surface area contributed by atoms with E-state index in [2.05, 4.69) is 66.4 Å². The second-order valence-corrected chi connectivity index (χ2v) is 8.31. The van der Waals surface area contributed by atoms with Gasteiger partial charge in [0.05, 0.1) is 16.8 Å². The van der Waals surface area contributed by atoms with Crippen LogP contribution in [0, 0.1) is 0 Å². The maximum atomic E-state index is 4.84. The standard InChI is InChI=1S/C25H21N9/c1-14(2)30-17-9-15(11-26-13-17)16-10-19-22(33-34-23(19)29-12-16)25-31-21-18(6-8-28-24(21)32-25)20-5-3-4-7-27-20/h3-14,30H,1-2H3,(H,28,31,32)(H,29,33,34). The summed E-state index contributed by atoms with van der Waals surface area (Å²) in [6.07, 6.45) is 8.99. The van der Waals surface area contributed by atoms with Crippen molar-refractivity contribution in [3.8, 4) is 33.9 Å². The Morgan fingerprint density at radius 3 is 2.65 bits per heavy atom. The van der Waals surface area contributed by atoms with Crippen molar-refractivity contribution in [2.24, 2.45) is 0 Å². The number of nitrogens with one attached hydrogen (secondary N) is 3. The van der Waals surface area contributed by atoms with Crippen LogP contribution in [0.5, 0.6) is 0 Å². The van der Waals surface area contributed by atoms with E-state index in [1.807, 2.05) is 42.9 Å². The Morgan fingerprint density at radius 2 is 1.79 bits per heavy atom. The minimum absolute atomic E-state index is 0.316. The first-order valence-electron chi connectivity index (χ1n) is 11.0. The Hall–Kier alpha value is -4.66. The molecule has 0 atom stereocenters. The van der Waals surface area contributed by atoms with Crippen LogP contribution in [0.15, 0.2) is 67.4 Å². The van der Waals surface area contributed by atoms with Gasteiger partial charge in [0.2, 0.25) is 0 Å². The summed E-state index contributed by atoms with van der Waals surface area (Å²) >= 11 is 0. The summed E-state index contributed by atoms with van der Waals surface area (Å²) in [5, 5.41) is 11.8. The summed E-state index contributed by atoms with van der Waals surface area (Å²) in [5.41, 5.74) is 7.40. The fourth-order valence-electron chi connectivity index (χ4n) is 4.00. The molecule has 0 bridgehead atoms. The molecule has 0 aliphatic rings. The third-order valence-electron chi connectivity index (χ3n) is 5.49. The minimum atomic E-state index is 0.316. The first kappa shape index (κ1) is 20.0. The summed E-state index contributed by atoms with van der Waals surface area (Å²) in [6, 6.07) is 12.2. The zero-order chi connectivity index (χ0) is 23.1. The number of nitrogens with zero attached hydrogens (tertiary/aromatic N) is 6. The minimum Gasteiger partial charge on any atom is -0.382 e. The molecule has 34 heavy (non-hydrogen) atoms. The fraction of sp³-hybridized carbons (Fsp3) is 0.120. The molecule has 0 fully saturated rings. The van der Waals surface area contributed by atoms with Crippen molar-refractivity contribution in [1.82, 2.24) is 40.1 Å². The van der Waals surface area contributed by atoms with E-state index >= 15 is 0 Å². The molecule has 6 aromatic heterocycles. The van der Waals surface area contributed by atoms with Crippen LogP contribution in [-0.4, -0.2) is 46.1 Å². The molecular weight excluding hydrogens is 426 g/mol. The Bertz CT molecular complexity index is 1620. The van der Waals surface area contributed by atoms with Crippen LogP contribution >= 0.6 is 0 Å². The van der Waals surface area contributed by atoms with Gasteiger partial charge >= 0.3 is 0 Å². The molecule has 0 unspecified atom stereocenters. The topological polar surface area (TPSA) is 121 Å². The van der Waals surface area contributed by atoms with Crippen molar-refractivity contribution in [3.63, 3.8) is 0 Å². The number of hydrogen-bond donors (Lipinski definition) is 3. The average Bonchev–Trinajstić information content (AvgIpc) is 3.48. The van der Waals surface area contributed by atoms with E-state index in [1.54, 1.807) is 12.4 Å². The zero-order valence-electron chi connectivity index (χ0n) is 18.6. The number of hydrogen-bond acceptors (Lipinski definition) is 7. The predicted octanol–water partition coefficient (Wildman–Crippen LogP) is 4.84. The monoisotopic (exact) mass is 447 g/mol. The molecule has 0 spiro atoms. The molecule has 166 valence electrons. The van der Waals surface area contributed by atoms with Gasteiger partial charge in [-0.1, -0.05) is 6.07 Å². The normalized spacial score (nSPS) is 11.5. The summed E-state index contributed by atoms with van der Waals surface area (Å²) in [4.78, 5) is 26.0. The number of aromatic amines is 2. The SMILES string of the molecule is CC(C)Nc1cncc(-c2cnc3[nH]nc(-c4nc5c(-c6ccccn6)ccnc5[nH]4)c3c2)c1. The molecule has 0 radical (unpaired) electrons. The first-order chi connectivity index (χ1) is 16.7. The summed E-state index contributed by atoms with van der Waals surface area (Å²) in [7, 11) is 0. The van der Waals surface area contributed by atoms with Gasteiger partial charge in [-0.05, 0) is 44.2 Å². The van der Waals surface area contributed by atoms with Gasteiger partial charge in [-0.2, -0.15) is 5.10 Å². The molecule has 0 aliphatic heterocycles. The molecule has 0 saturated heterocycles. The van der Waals surface area contributed by atoms with Gasteiger partial charge in [0.25, 0.3) is 0 Å². The summed E-state index contributed by atoms with van der Waals surface area (Å²) in [6.45, 7) is 4.19. The second kappa shape index (κ2) is 8.04. The van der Waals surface area contributed by atoms with Gasteiger partial charge in [0, 0.05) is 53.7 Å². The van der Waals surface area contributed by atoms with E-state index in [0.717, 1.165) is 39.0 Å². The highest BCUT2D eigenvalue weighted by atomic mass is 15.2. The lowest BCUT2D eigenvalue weighted by Gasteiger charge is -2.10. The lowest BCUT2D eigenvalue weighted by Crippen LogP contribution is -2.09. The molecule has 9 heteroatoms. The maximum absolute atomic E-state index is 4.84. The van der Waals surface area contributed by atoms with Gasteiger partial charge in [-0.15, -0.1) is 0 Å². The molecule has 6 aromatic rings. The predicted molar refractivity (Wildman–Crippen MR) is 132 cm³/mol. The third kappa shape index (κ3) is 3.53. The number of aromatic nitrogens is 8. The van der Waals surface area contributed by atoms with Crippen molar-refractivity contribution < 1.29 is 0 Å². The molecule has 0 aliphatic carbocycles. The van der Waals surface area contributed by atoms with Crippen LogP contribution in [0.25, 0.3) is 56.1 Å². The van der Waals surface area contributed by atoms with Gasteiger partial charge in [0.15, 0.2) is 17.1 Å². The fourth-order valence-corrected chi connectivity index (χ4v) is 4.00. The number of rotatable bonds is 5. The van der Waals surface area contributed by atoms with Crippen molar-refractivity contribution in [2.75, 3.05) is 5.32 Å². The Kier molecular flexibility index (Phi) is 4.72. The lowest BCUT2D eigenvalue weighted by atomic mass is 10.1. The Labute approximate surface area is 194 Å². The second-order valence-electron chi connectivity index (χ2n) is 8.31. The molecule has 0 amide bonds. The highest BCUT2D eigenvalue weighted by molar-refractivity contribution is 5.95. The van der Waals surface area contributed by atoms with Crippen LogP contribution in [0.1, 0.15) is 13.8 Å². The Balaban J connectivity index is 1.45. The number of fused-ring (bicyclic) bond motifs is 2. The Morgan fingerprint density at radius 1 is 0.882 bits per heavy atom. The van der Waals surface area contributed by atoms with Crippen LogP contribution in [0.4, 0.5) is 5.69 Å². The largest absolute Gasteiger partial charge is 0.382 e. The zero-order valence-corrected chi connectivity index (χ0v) is 18.6. The van der Waals surface area contributed by atoms with E-state index in [-0.39, 0.29) is 0 Å². The summed E-state index contributed by atoms with van der Waals surface area (Å²) in [5.74, 6) is 0.615. The highest BCUT2D eigenvalue weighted by Gasteiger charge is 2.17. The highest BCUT2D eigenvalue weighted by Crippen LogP contribution is 2.31. The molecule has 0 saturated carbocycles. The van der Waals surface area contributed by atoms with Gasteiger partial charge in [0.1, 0.15) is 11.2 Å². The smallest absolute Gasteiger partial charge is 0.161 e.